The van der Waals surface area contributed by atoms with Gasteiger partial charge in [-0.25, -0.2) is 4.98 Å². The molecule has 4 nitrogen and oxygen atoms in total. The first-order chi connectivity index (χ1) is 25.5. The summed E-state index contributed by atoms with van der Waals surface area (Å²) < 4.78 is 4.43. The van der Waals surface area contributed by atoms with E-state index in [1.165, 1.54) is 44.8 Å². The number of benzene rings is 6. The molecule has 6 aromatic carbocycles. The first-order valence-corrected chi connectivity index (χ1v) is 18.0. The average Bonchev–Trinajstić information content (AvgIpc) is 3.90. The molecule has 1 radical (unpaired) electrons. The van der Waals surface area contributed by atoms with Gasteiger partial charge in [0.25, 0.3) is 0 Å². The van der Waals surface area contributed by atoms with Crippen LogP contribution in [0.2, 0.25) is 0 Å². The molecule has 8 aromatic rings. The quantitative estimate of drug-likeness (QED) is 0.143. The molecule has 54 heavy (non-hydrogen) atoms. The summed E-state index contributed by atoms with van der Waals surface area (Å²) in [5.41, 5.74) is 12.0. The van der Waals surface area contributed by atoms with E-state index in [-0.39, 0.29) is 27.5 Å². The Bertz CT molecular complexity index is 2170. The summed E-state index contributed by atoms with van der Waals surface area (Å²) in [6, 6.07) is 55.9. The van der Waals surface area contributed by atoms with Crippen molar-refractivity contribution in [2.45, 2.75) is 47.0 Å². The van der Waals surface area contributed by atoms with Crippen LogP contribution in [0.4, 0.5) is 0 Å². The number of hydrogen-bond donors (Lipinski definition) is 0. The Kier molecular flexibility index (Phi) is 13.5. The van der Waals surface area contributed by atoms with Crippen LogP contribution in [0.15, 0.2) is 176 Å². The van der Waals surface area contributed by atoms with Crippen molar-refractivity contribution in [1.82, 2.24) is 19.1 Å². The zero-order valence-corrected chi connectivity index (χ0v) is 32.9. The van der Waals surface area contributed by atoms with E-state index in [0.717, 1.165) is 22.8 Å². The minimum atomic E-state index is 0. The molecular formula is C49H47IrN4-. The normalized spacial score (nSPS) is 10.6. The van der Waals surface area contributed by atoms with Crippen LogP contribution < -0.4 is 0 Å². The SMILES string of the molecule is C.CC(C)c1cccc(-c2ccccc2)c1-n1ccnc1-c1[c-]cccc1.CC(C)c1cccc(-c2ccccc2)c1-n1ccnc1-c1ccccc1.[Ir]. The van der Waals surface area contributed by atoms with Crippen LogP contribution in [-0.2, 0) is 20.1 Å². The predicted molar refractivity (Wildman–Crippen MR) is 223 cm³/mol. The van der Waals surface area contributed by atoms with E-state index in [1.54, 1.807) is 0 Å². The standard InChI is InChI=1S/C24H22N2.C24H21N2.CH4.Ir/c2*1-18(2)21-14-9-15-22(19-10-5-3-6-11-19)23(21)26-17-16-25-24(26)20-12-7-4-8-13-20;;/h3-18H,1-2H3;3-12,14-18H,1-2H3;1H4;/q;-1;;. The van der Waals surface area contributed by atoms with Crippen molar-refractivity contribution >= 4 is 0 Å². The summed E-state index contributed by atoms with van der Waals surface area (Å²) in [6.07, 6.45) is 7.86. The maximum absolute atomic E-state index is 4.66. The molecule has 0 bridgehead atoms. The van der Waals surface area contributed by atoms with Gasteiger partial charge in [0.1, 0.15) is 5.82 Å². The Morgan fingerprint density at radius 1 is 0.463 bits per heavy atom. The van der Waals surface area contributed by atoms with E-state index >= 15 is 0 Å². The fourth-order valence-corrected chi connectivity index (χ4v) is 6.79. The van der Waals surface area contributed by atoms with Gasteiger partial charge in [0, 0.05) is 67.3 Å². The molecule has 2 aromatic heterocycles. The van der Waals surface area contributed by atoms with Crippen LogP contribution >= 0.6 is 0 Å². The Hall–Kier alpha value is -5.61. The van der Waals surface area contributed by atoms with Crippen molar-refractivity contribution in [3.8, 4) is 56.4 Å². The molecule has 0 N–H and O–H groups in total. The fraction of sp³-hybridized carbons (Fsp3) is 0.143. The summed E-state index contributed by atoms with van der Waals surface area (Å²) in [5.74, 6) is 2.70. The molecule has 0 unspecified atom stereocenters. The van der Waals surface area contributed by atoms with Crippen molar-refractivity contribution in [3.63, 3.8) is 0 Å². The van der Waals surface area contributed by atoms with Crippen LogP contribution in [0, 0.1) is 6.07 Å². The number of hydrogen-bond acceptors (Lipinski definition) is 2. The van der Waals surface area contributed by atoms with Gasteiger partial charge in [0.05, 0.1) is 11.5 Å². The van der Waals surface area contributed by atoms with E-state index in [9.17, 15) is 0 Å². The summed E-state index contributed by atoms with van der Waals surface area (Å²) >= 11 is 0. The molecular weight excluding hydrogens is 837 g/mol. The Morgan fingerprint density at radius 3 is 1.33 bits per heavy atom. The molecule has 0 fully saturated rings. The van der Waals surface area contributed by atoms with E-state index in [2.05, 4.69) is 186 Å². The molecule has 2 heterocycles. The number of imidazole rings is 2. The fourth-order valence-electron chi connectivity index (χ4n) is 6.79. The van der Waals surface area contributed by atoms with E-state index in [1.807, 2.05) is 42.9 Å². The van der Waals surface area contributed by atoms with E-state index in [4.69, 9.17) is 0 Å². The molecule has 0 aliphatic carbocycles. The molecule has 0 aliphatic heterocycles. The molecule has 0 aliphatic rings. The number of aromatic nitrogens is 4. The molecule has 8 rings (SSSR count). The zero-order chi connectivity index (χ0) is 35.9. The molecule has 0 spiro atoms. The zero-order valence-electron chi connectivity index (χ0n) is 30.5. The Labute approximate surface area is 334 Å². The van der Waals surface area contributed by atoms with Crippen LogP contribution in [0.3, 0.4) is 0 Å². The van der Waals surface area contributed by atoms with Crippen LogP contribution in [0.25, 0.3) is 56.4 Å². The molecule has 0 saturated carbocycles. The molecule has 5 heteroatoms. The first kappa shape index (κ1) is 39.6. The summed E-state index contributed by atoms with van der Waals surface area (Å²) in [6.45, 7) is 8.96. The maximum atomic E-state index is 4.66. The molecule has 0 amide bonds. The van der Waals surface area contributed by atoms with Gasteiger partial charge < -0.3 is 4.57 Å². The molecule has 0 atom stereocenters. The third kappa shape index (κ3) is 8.44. The van der Waals surface area contributed by atoms with Gasteiger partial charge in [-0.1, -0.05) is 163 Å². The van der Waals surface area contributed by atoms with Crippen molar-refractivity contribution in [1.29, 1.82) is 0 Å². The Balaban J connectivity index is 0.000000200. The molecule has 0 saturated heterocycles. The van der Waals surface area contributed by atoms with Gasteiger partial charge in [-0.3, -0.25) is 9.55 Å². The van der Waals surface area contributed by atoms with Crippen molar-refractivity contribution in [2.24, 2.45) is 0 Å². The second kappa shape index (κ2) is 18.4. The van der Waals surface area contributed by atoms with Gasteiger partial charge in [0.15, 0.2) is 0 Å². The minimum Gasteiger partial charge on any atom is -0.339 e. The van der Waals surface area contributed by atoms with Gasteiger partial charge in [-0.15, -0.1) is 35.9 Å². The van der Waals surface area contributed by atoms with E-state index in [0.29, 0.717) is 11.8 Å². The number of rotatable bonds is 8. The summed E-state index contributed by atoms with van der Waals surface area (Å²) in [7, 11) is 0. The van der Waals surface area contributed by atoms with Crippen LogP contribution in [0.5, 0.6) is 0 Å². The maximum Gasteiger partial charge on any atom is 0.144 e. The topological polar surface area (TPSA) is 35.6 Å². The third-order valence-electron chi connectivity index (χ3n) is 9.29. The van der Waals surface area contributed by atoms with Crippen molar-refractivity contribution in [2.75, 3.05) is 0 Å². The van der Waals surface area contributed by atoms with Gasteiger partial charge in [-0.2, -0.15) is 0 Å². The second-order valence-electron chi connectivity index (χ2n) is 13.4. The largest absolute Gasteiger partial charge is 0.339 e. The van der Waals surface area contributed by atoms with Crippen molar-refractivity contribution in [3.05, 3.63) is 194 Å². The third-order valence-corrected chi connectivity index (χ3v) is 9.29. The van der Waals surface area contributed by atoms with Gasteiger partial charge in [0.2, 0.25) is 0 Å². The van der Waals surface area contributed by atoms with Crippen LogP contribution in [-0.4, -0.2) is 19.1 Å². The van der Waals surface area contributed by atoms with Crippen molar-refractivity contribution < 1.29 is 20.1 Å². The number of nitrogens with zero attached hydrogens (tertiary/aromatic N) is 4. The minimum absolute atomic E-state index is 0. The average molecular weight is 884 g/mol. The van der Waals surface area contributed by atoms with E-state index < -0.39 is 0 Å². The second-order valence-corrected chi connectivity index (χ2v) is 13.4. The monoisotopic (exact) mass is 884 g/mol. The van der Waals surface area contributed by atoms with Gasteiger partial charge in [-0.05, 0) is 34.1 Å². The summed E-state index contributed by atoms with van der Waals surface area (Å²) in [5, 5.41) is 0. The molecule has 273 valence electrons. The summed E-state index contributed by atoms with van der Waals surface area (Å²) in [4.78, 5) is 9.29. The Morgan fingerprint density at radius 2 is 0.889 bits per heavy atom. The predicted octanol–water partition coefficient (Wildman–Crippen LogP) is 13.1. The number of para-hydroxylation sites is 2. The smallest absolute Gasteiger partial charge is 0.144 e. The van der Waals surface area contributed by atoms with Gasteiger partial charge >= 0.3 is 0 Å². The first-order valence-electron chi connectivity index (χ1n) is 18.0. The van der Waals surface area contributed by atoms with Crippen LogP contribution in [0.1, 0.15) is 58.1 Å².